The van der Waals surface area contributed by atoms with Crippen LogP contribution in [0.3, 0.4) is 0 Å². The Hall–Kier alpha value is -4.34. The molecule has 3 amide bonds. The predicted octanol–water partition coefficient (Wildman–Crippen LogP) is 5.42. The molecule has 0 spiro atoms. The molecule has 0 aliphatic rings. The minimum atomic E-state index is -1.12. The maximum atomic E-state index is 14.2. The van der Waals surface area contributed by atoms with Crippen molar-refractivity contribution in [1.82, 2.24) is 10.5 Å². The summed E-state index contributed by atoms with van der Waals surface area (Å²) < 4.78 is 16.2. The number of nitrogens with one attached hydrogen (secondary N) is 2. The van der Waals surface area contributed by atoms with Crippen molar-refractivity contribution >= 4 is 29.2 Å². The first-order chi connectivity index (χ1) is 19.4. The molecule has 0 radical (unpaired) electrons. The van der Waals surface area contributed by atoms with Gasteiger partial charge in [0.05, 0.1) is 14.2 Å². The van der Waals surface area contributed by atoms with Gasteiger partial charge in [-0.15, -0.1) is 0 Å². The molecule has 10 nitrogen and oxygen atoms in total. The van der Waals surface area contributed by atoms with E-state index in [1.807, 2.05) is 52.8 Å². The maximum absolute atomic E-state index is 14.2. The van der Waals surface area contributed by atoms with Gasteiger partial charge >= 0.3 is 0 Å². The SMILES string of the molecule is CCC(C)(C)NC(=O)C(c1cccc(OC)c1OC)N(C(=O)CCC(=O)Nc1cc(C)on1)c1cc(C)ccc1C. The second kappa shape index (κ2) is 13.3. The molecule has 0 saturated carbocycles. The van der Waals surface area contributed by atoms with Gasteiger partial charge in [-0.3, -0.25) is 19.3 Å². The lowest BCUT2D eigenvalue weighted by Gasteiger charge is -2.36. The fraction of sp³-hybridized carbons (Fsp3) is 0.419. The largest absolute Gasteiger partial charge is 0.493 e. The monoisotopic (exact) mass is 564 g/mol. The zero-order valence-electron chi connectivity index (χ0n) is 25.1. The third kappa shape index (κ3) is 7.65. The van der Waals surface area contributed by atoms with Crippen molar-refractivity contribution < 1.29 is 28.4 Å². The number of carbonyl (C=O) groups excluding carboxylic acids is 3. The van der Waals surface area contributed by atoms with E-state index in [1.165, 1.54) is 19.1 Å². The lowest BCUT2D eigenvalue weighted by atomic mass is 9.96. The average Bonchev–Trinajstić information content (AvgIpc) is 3.34. The van der Waals surface area contributed by atoms with Crippen LogP contribution in [0.2, 0.25) is 0 Å². The Morgan fingerprint density at radius 1 is 1.02 bits per heavy atom. The van der Waals surface area contributed by atoms with E-state index in [0.717, 1.165) is 11.1 Å². The molecular weight excluding hydrogens is 524 g/mol. The molecule has 41 heavy (non-hydrogen) atoms. The molecule has 0 aliphatic carbocycles. The molecule has 2 aromatic carbocycles. The first kappa shape index (κ1) is 31.2. The first-order valence-corrected chi connectivity index (χ1v) is 13.6. The van der Waals surface area contributed by atoms with E-state index in [4.69, 9.17) is 14.0 Å². The minimum Gasteiger partial charge on any atom is -0.493 e. The molecule has 1 heterocycles. The maximum Gasteiger partial charge on any atom is 0.248 e. The minimum absolute atomic E-state index is 0.129. The number of rotatable bonds is 12. The molecule has 0 saturated heterocycles. The van der Waals surface area contributed by atoms with Gasteiger partial charge in [-0.25, -0.2) is 0 Å². The van der Waals surface area contributed by atoms with E-state index in [2.05, 4.69) is 15.8 Å². The Morgan fingerprint density at radius 2 is 1.76 bits per heavy atom. The van der Waals surface area contributed by atoms with Crippen molar-refractivity contribution in [3.8, 4) is 11.5 Å². The smallest absolute Gasteiger partial charge is 0.248 e. The Morgan fingerprint density at radius 3 is 2.37 bits per heavy atom. The molecule has 1 unspecified atom stereocenters. The lowest BCUT2D eigenvalue weighted by Crippen LogP contribution is -2.50. The number of hydrogen-bond donors (Lipinski definition) is 2. The zero-order chi connectivity index (χ0) is 30.3. The third-order valence-corrected chi connectivity index (χ3v) is 6.93. The number of anilines is 2. The molecule has 1 atom stereocenters. The highest BCUT2D eigenvalue weighted by Gasteiger charge is 2.38. The molecular formula is C31H40N4O6. The van der Waals surface area contributed by atoms with Crippen molar-refractivity contribution in [3.05, 3.63) is 64.9 Å². The van der Waals surface area contributed by atoms with E-state index < -0.39 is 23.4 Å². The highest BCUT2D eigenvalue weighted by Crippen LogP contribution is 2.40. The molecule has 0 bridgehead atoms. The third-order valence-electron chi connectivity index (χ3n) is 6.93. The number of nitrogens with zero attached hydrogens (tertiary/aromatic N) is 2. The molecule has 3 aromatic rings. The van der Waals surface area contributed by atoms with Gasteiger partial charge < -0.3 is 24.6 Å². The number of ether oxygens (including phenoxy) is 2. The summed E-state index contributed by atoms with van der Waals surface area (Å²) >= 11 is 0. The van der Waals surface area contributed by atoms with Crippen LogP contribution in [0.15, 0.2) is 47.0 Å². The van der Waals surface area contributed by atoms with Crippen LogP contribution in [-0.4, -0.2) is 42.6 Å². The van der Waals surface area contributed by atoms with E-state index in [-0.39, 0.29) is 24.6 Å². The number of para-hydroxylation sites is 1. The molecule has 10 heteroatoms. The van der Waals surface area contributed by atoms with E-state index in [0.29, 0.717) is 34.9 Å². The van der Waals surface area contributed by atoms with Crippen LogP contribution < -0.4 is 25.0 Å². The van der Waals surface area contributed by atoms with Crippen molar-refractivity contribution in [1.29, 1.82) is 0 Å². The van der Waals surface area contributed by atoms with Crippen LogP contribution in [0.25, 0.3) is 0 Å². The summed E-state index contributed by atoms with van der Waals surface area (Å²) in [6.45, 7) is 11.3. The molecule has 1 aromatic heterocycles. The van der Waals surface area contributed by atoms with Gasteiger partial charge in [0.25, 0.3) is 0 Å². The summed E-state index contributed by atoms with van der Waals surface area (Å²) in [5.74, 6) is 0.379. The topological polar surface area (TPSA) is 123 Å². The Bertz CT molecular complexity index is 1400. The number of aryl methyl sites for hydroxylation is 3. The Labute approximate surface area is 241 Å². The Kier molecular flexibility index (Phi) is 10.2. The van der Waals surface area contributed by atoms with Crippen LogP contribution in [0.1, 0.15) is 68.5 Å². The highest BCUT2D eigenvalue weighted by atomic mass is 16.5. The number of amides is 3. The van der Waals surface area contributed by atoms with Crippen molar-refractivity contribution in [2.75, 3.05) is 24.4 Å². The number of hydrogen-bond acceptors (Lipinski definition) is 7. The fourth-order valence-corrected chi connectivity index (χ4v) is 4.38. The van der Waals surface area contributed by atoms with E-state index in [1.54, 1.807) is 31.2 Å². The fourth-order valence-electron chi connectivity index (χ4n) is 4.38. The lowest BCUT2D eigenvalue weighted by molar-refractivity contribution is -0.128. The van der Waals surface area contributed by atoms with Gasteiger partial charge in [0, 0.05) is 35.7 Å². The van der Waals surface area contributed by atoms with Crippen LogP contribution in [-0.2, 0) is 14.4 Å². The molecule has 0 fully saturated rings. The van der Waals surface area contributed by atoms with Crippen molar-refractivity contribution in [2.45, 2.75) is 72.4 Å². The van der Waals surface area contributed by atoms with Crippen molar-refractivity contribution in [3.63, 3.8) is 0 Å². The average molecular weight is 565 g/mol. The standard InChI is InChI=1S/C31H40N4O6/c1-9-31(5,6)33-30(38)28(22-11-10-12-24(39-7)29(22)40-8)35(23-17-19(2)13-14-20(23)3)27(37)16-15-26(36)32-25-18-21(4)41-34-25/h10-14,17-18,28H,9,15-16H2,1-8H3,(H,33,38)(H,32,34,36). The summed E-state index contributed by atoms with van der Waals surface area (Å²) in [7, 11) is 3.01. The summed E-state index contributed by atoms with van der Waals surface area (Å²) in [5.41, 5.74) is 2.16. The van der Waals surface area contributed by atoms with Gasteiger partial charge in [-0.05, 0) is 64.3 Å². The van der Waals surface area contributed by atoms with Gasteiger partial charge in [0.15, 0.2) is 17.3 Å². The summed E-state index contributed by atoms with van der Waals surface area (Å²) in [4.78, 5) is 42.5. The second-order valence-electron chi connectivity index (χ2n) is 10.6. The van der Waals surface area contributed by atoms with Gasteiger partial charge in [-0.1, -0.05) is 36.3 Å². The summed E-state index contributed by atoms with van der Waals surface area (Å²) in [6, 6.07) is 11.4. The van der Waals surface area contributed by atoms with Crippen LogP contribution >= 0.6 is 0 Å². The number of carbonyl (C=O) groups is 3. The van der Waals surface area contributed by atoms with Gasteiger partial charge in [0.1, 0.15) is 11.8 Å². The predicted molar refractivity (Wildman–Crippen MR) is 157 cm³/mol. The van der Waals surface area contributed by atoms with Crippen LogP contribution in [0, 0.1) is 20.8 Å². The van der Waals surface area contributed by atoms with Crippen LogP contribution in [0.4, 0.5) is 11.5 Å². The Balaban J connectivity index is 2.12. The van der Waals surface area contributed by atoms with Crippen LogP contribution in [0.5, 0.6) is 11.5 Å². The normalized spacial score (nSPS) is 11.9. The van der Waals surface area contributed by atoms with Crippen molar-refractivity contribution in [2.24, 2.45) is 0 Å². The number of benzene rings is 2. The highest BCUT2D eigenvalue weighted by molar-refractivity contribution is 6.04. The van der Waals surface area contributed by atoms with Gasteiger partial charge in [-0.2, -0.15) is 0 Å². The van der Waals surface area contributed by atoms with E-state index in [9.17, 15) is 14.4 Å². The summed E-state index contributed by atoms with van der Waals surface area (Å²) in [6.07, 6.45) is 0.374. The van der Waals surface area contributed by atoms with Gasteiger partial charge in [0.2, 0.25) is 17.7 Å². The zero-order valence-corrected chi connectivity index (χ0v) is 25.1. The van der Waals surface area contributed by atoms with E-state index >= 15 is 0 Å². The molecule has 0 aliphatic heterocycles. The number of methoxy groups -OCH3 is 2. The first-order valence-electron chi connectivity index (χ1n) is 13.6. The summed E-state index contributed by atoms with van der Waals surface area (Å²) in [5, 5.41) is 9.52. The molecule has 220 valence electrons. The molecule has 3 rings (SSSR count). The quantitative estimate of drug-likeness (QED) is 0.301. The molecule has 2 N–H and O–H groups in total. The second-order valence-corrected chi connectivity index (χ2v) is 10.6. The number of aromatic nitrogens is 1.